The van der Waals surface area contributed by atoms with E-state index in [2.05, 4.69) is 216 Å². The number of aromatic nitrogens is 1. The maximum absolute atomic E-state index is 7.04. The van der Waals surface area contributed by atoms with Crippen LogP contribution in [0, 0.1) is 0 Å². The van der Waals surface area contributed by atoms with Gasteiger partial charge in [0, 0.05) is 60.0 Å². The minimum Gasteiger partial charge on any atom is -0.455 e. The highest BCUT2D eigenvalue weighted by Crippen LogP contribution is 2.48. The Morgan fingerprint density at radius 1 is 0.333 bits per heavy atom. The second-order valence-corrected chi connectivity index (χ2v) is 15.6. The van der Waals surface area contributed by atoms with Crippen molar-refractivity contribution in [2.24, 2.45) is 0 Å². The molecule has 3 aromatic heterocycles. The van der Waals surface area contributed by atoms with Gasteiger partial charge in [-0.3, -0.25) is 0 Å². The fourth-order valence-electron chi connectivity index (χ4n) is 9.68. The largest absolute Gasteiger partial charge is 0.455 e. The number of hydrogen-bond acceptors (Lipinski definition) is 3. The third-order valence-corrected chi connectivity index (χ3v) is 12.4. The van der Waals surface area contributed by atoms with Crippen LogP contribution in [-0.2, 0) is 0 Å². The van der Waals surface area contributed by atoms with E-state index in [4.69, 9.17) is 8.83 Å². The zero-order valence-electron chi connectivity index (χ0n) is 32.3. The first-order valence-electron chi connectivity index (χ1n) is 20.4. The van der Waals surface area contributed by atoms with Gasteiger partial charge >= 0.3 is 0 Å². The molecule has 0 amide bonds. The van der Waals surface area contributed by atoms with Crippen molar-refractivity contribution < 1.29 is 8.83 Å². The third-order valence-electron chi connectivity index (χ3n) is 12.4. The van der Waals surface area contributed by atoms with E-state index in [9.17, 15) is 0 Å². The minimum absolute atomic E-state index is 0.844. The molecular weight excluding hydrogens is 733 g/mol. The van der Waals surface area contributed by atoms with Crippen molar-refractivity contribution in [3.05, 3.63) is 206 Å². The molecule has 0 aliphatic rings. The number of hydrogen-bond donors (Lipinski definition) is 0. The maximum Gasteiger partial charge on any atom is 0.159 e. The topological polar surface area (TPSA) is 34.5 Å². The lowest BCUT2D eigenvalue weighted by molar-refractivity contribution is 0.673. The van der Waals surface area contributed by atoms with Gasteiger partial charge in [-0.05, 0) is 77.0 Å². The fraction of sp³-hybridized carbons (Fsp3) is 0. The molecule has 280 valence electrons. The predicted molar refractivity (Wildman–Crippen MR) is 250 cm³/mol. The molecule has 0 unspecified atom stereocenters. The van der Waals surface area contributed by atoms with Gasteiger partial charge in [-0.2, -0.15) is 0 Å². The van der Waals surface area contributed by atoms with E-state index in [1.807, 2.05) is 0 Å². The predicted octanol–water partition coefficient (Wildman–Crippen LogP) is 16.0. The summed E-state index contributed by atoms with van der Waals surface area (Å²) in [6.45, 7) is 0. The average Bonchev–Trinajstić information content (AvgIpc) is 4.01. The molecule has 0 atom stereocenters. The van der Waals surface area contributed by atoms with Gasteiger partial charge in [-0.15, -0.1) is 0 Å². The summed E-state index contributed by atoms with van der Waals surface area (Å²) in [6.07, 6.45) is 0. The van der Waals surface area contributed by atoms with Crippen LogP contribution >= 0.6 is 0 Å². The van der Waals surface area contributed by atoms with E-state index in [0.29, 0.717) is 0 Å². The summed E-state index contributed by atoms with van der Waals surface area (Å²) in [7, 11) is 0. The molecule has 3 heterocycles. The molecular formula is C56H34N2O2. The van der Waals surface area contributed by atoms with Crippen molar-refractivity contribution >= 4 is 104 Å². The zero-order chi connectivity index (χ0) is 39.3. The quantitative estimate of drug-likeness (QED) is 0.175. The molecule has 13 aromatic rings. The Labute approximate surface area is 344 Å². The summed E-state index contributed by atoms with van der Waals surface area (Å²) in [5.74, 6) is 0. The molecule has 0 bridgehead atoms. The van der Waals surface area contributed by atoms with Crippen LogP contribution in [0.1, 0.15) is 0 Å². The first-order chi connectivity index (χ1) is 29.8. The molecule has 0 saturated heterocycles. The smallest absolute Gasteiger partial charge is 0.159 e. The van der Waals surface area contributed by atoms with Crippen LogP contribution in [0.25, 0.3) is 104 Å². The average molecular weight is 767 g/mol. The Morgan fingerprint density at radius 2 is 0.867 bits per heavy atom. The van der Waals surface area contributed by atoms with Crippen LogP contribution in [0.4, 0.5) is 17.1 Å². The van der Waals surface area contributed by atoms with Gasteiger partial charge in [0.1, 0.15) is 16.7 Å². The van der Waals surface area contributed by atoms with E-state index >= 15 is 0 Å². The number of rotatable bonds is 5. The highest BCUT2D eigenvalue weighted by molar-refractivity contribution is 6.21. The summed E-state index contributed by atoms with van der Waals surface area (Å²) < 4.78 is 16.2. The van der Waals surface area contributed by atoms with Crippen molar-refractivity contribution in [2.75, 3.05) is 4.90 Å². The SMILES string of the molecule is c1ccc(-n2c3ccccc3c3c(N(c4ccc(-c5cccc6c5oc5c7ccccc7ccc65)cc4)c4cccc5c4oc4c6ccccc6ccc54)cccc32)cc1. The van der Waals surface area contributed by atoms with Gasteiger partial charge in [0.2, 0.25) is 0 Å². The van der Waals surface area contributed by atoms with Gasteiger partial charge in [-0.25, -0.2) is 0 Å². The Bertz CT molecular complexity index is 3830. The second kappa shape index (κ2) is 12.7. The van der Waals surface area contributed by atoms with E-state index in [-0.39, 0.29) is 0 Å². The number of anilines is 3. The molecule has 0 spiro atoms. The maximum atomic E-state index is 7.04. The number of fused-ring (bicyclic) bond motifs is 13. The third kappa shape index (κ3) is 4.73. The van der Waals surface area contributed by atoms with E-state index in [1.54, 1.807) is 0 Å². The van der Waals surface area contributed by atoms with Crippen LogP contribution < -0.4 is 4.90 Å². The first-order valence-corrected chi connectivity index (χ1v) is 20.4. The number of nitrogens with zero attached hydrogens (tertiary/aromatic N) is 2. The fourth-order valence-corrected chi connectivity index (χ4v) is 9.68. The van der Waals surface area contributed by atoms with Crippen LogP contribution in [0.2, 0.25) is 0 Å². The van der Waals surface area contributed by atoms with E-state index in [1.165, 1.54) is 16.2 Å². The van der Waals surface area contributed by atoms with Gasteiger partial charge < -0.3 is 18.3 Å². The van der Waals surface area contributed by atoms with E-state index < -0.39 is 0 Å². The molecule has 0 aliphatic carbocycles. The highest BCUT2D eigenvalue weighted by Gasteiger charge is 2.25. The molecule has 60 heavy (non-hydrogen) atoms. The zero-order valence-corrected chi connectivity index (χ0v) is 32.3. The number of benzene rings is 10. The van der Waals surface area contributed by atoms with Crippen molar-refractivity contribution in [2.45, 2.75) is 0 Å². The molecule has 13 rings (SSSR count). The Kier molecular flexibility index (Phi) is 6.98. The van der Waals surface area contributed by atoms with Gasteiger partial charge in [0.05, 0.1) is 22.4 Å². The highest BCUT2D eigenvalue weighted by atomic mass is 16.3. The Hall–Kier alpha value is -8.08. The summed E-state index contributed by atoms with van der Waals surface area (Å²) >= 11 is 0. The van der Waals surface area contributed by atoms with Crippen LogP contribution in [-0.4, -0.2) is 4.57 Å². The molecule has 10 aromatic carbocycles. The summed E-state index contributed by atoms with van der Waals surface area (Å²) in [6, 6.07) is 73.6. The standard InChI is InChI=1S/C56H34N2O2/c1-2-15-38(16-3-1)57-48-23-9-8-19-47(48)52-49(57)24-12-25-50(52)58(51-26-11-22-44-46-34-30-36-14-5-7-18-41(36)55(46)60-56(44)51)39-31-27-37(28-32-39)42-20-10-21-43-45-33-29-35-13-4-6-17-40(35)54(45)59-53(42)43/h1-34H. The molecule has 4 nitrogen and oxygen atoms in total. The molecule has 0 aliphatic heterocycles. The lowest BCUT2D eigenvalue weighted by Gasteiger charge is -2.27. The van der Waals surface area contributed by atoms with Crippen LogP contribution in [0.3, 0.4) is 0 Å². The van der Waals surface area contributed by atoms with Crippen molar-refractivity contribution in [1.29, 1.82) is 0 Å². The summed E-state index contributed by atoms with van der Waals surface area (Å²) in [5, 5.41) is 11.3. The van der Waals surface area contributed by atoms with Gasteiger partial charge in [0.15, 0.2) is 5.58 Å². The van der Waals surface area contributed by atoms with E-state index in [0.717, 1.165) is 105 Å². The first kappa shape index (κ1) is 32.9. The lowest BCUT2D eigenvalue weighted by atomic mass is 10.0. The molecule has 0 radical (unpaired) electrons. The summed E-state index contributed by atoms with van der Waals surface area (Å²) in [4.78, 5) is 2.38. The summed E-state index contributed by atoms with van der Waals surface area (Å²) in [5.41, 5.74) is 12.2. The van der Waals surface area contributed by atoms with Crippen LogP contribution in [0.5, 0.6) is 0 Å². The molecule has 4 heteroatoms. The van der Waals surface area contributed by atoms with Crippen LogP contribution in [0.15, 0.2) is 215 Å². The number of para-hydroxylation sites is 4. The van der Waals surface area contributed by atoms with Gasteiger partial charge in [-0.1, -0.05) is 146 Å². The normalized spacial score (nSPS) is 12.0. The number of furan rings is 2. The van der Waals surface area contributed by atoms with Crippen molar-refractivity contribution in [3.8, 4) is 16.8 Å². The molecule has 0 N–H and O–H groups in total. The molecule has 0 saturated carbocycles. The monoisotopic (exact) mass is 766 g/mol. The minimum atomic E-state index is 0.844. The second-order valence-electron chi connectivity index (χ2n) is 15.6. The Balaban J connectivity index is 1.06. The van der Waals surface area contributed by atoms with Crippen molar-refractivity contribution in [1.82, 2.24) is 4.57 Å². The lowest BCUT2D eigenvalue weighted by Crippen LogP contribution is -2.10. The van der Waals surface area contributed by atoms with Gasteiger partial charge in [0.25, 0.3) is 0 Å². The van der Waals surface area contributed by atoms with Crippen molar-refractivity contribution in [3.63, 3.8) is 0 Å². The molecule has 0 fully saturated rings. The Morgan fingerprint density at radius 3 is 1.60 bits per heavy atom.